The molecule has 0 aliphatic carbocycles. The van der Waals surface area contributed by atoms with Crippen LogP contribution < -0.4 is 10.1 Å². The second kappa shape index (κ2) is 9.39. The summed E-state index contributed by atoms with van der Waals surface area (Å²) >= 11 is 13.1. The maximum Gasteiger partial charge on any atom is 0.280 e. The van der Waals surface area contributed by atoms with Gasteiger partial charge in [0.15, 0.2) is 10.8 Å². The molecule has 0 fully saturated rings. The monoisotopic (exact) mass is 470 g/mol. The second-order valence-electron chi connectivity index (χ2n) is 6.57. The minimum atomic E-state index is -0.281. The van der Waals surface area contributed by atoms with Gasteiger partial charge in [0.25, 0.3) is 5.91 Å². The molecule has 0 saturated carbocycles. The number of carbonyl (C=O) groups excluding carboxylic acids is 1. The minimum absolute atomic E-state index is 0.126. The van der Waals surface area contributed by atoms with E-state index in [-0.39, 0.29) is 21.7 Å². The van der Waals surface area contributed by atoms with Gasteiger partial charge in [-0.2, -0.15) is 0 Å². The molecule has 0 bridgehead atoms. The van der Waals surface area contributed by atoms with Crippen LogP contribution in [0.15, 0.2) is 72.1 Å². The first-order valence-corrected chi connectivity index (χ1v) is 10.9. The van der Waals surface area contributed by atoms with Crippen LogP contribution in [0.3, 0.4) is 0 Å². The van der Waals surface area contributed by atoms with E-state index in [1.54, 1.807) is 17.5 Å². The van der Waals surface area contributed by atoms with E-state index in [2.05, 4.69) is 10.3 Å². The summed E-state index contributed by atoms with van der Waals surface area (Å²) in [7, 11) is 0. The lowest BCUT2D eigenvalue weighted by Crippen LogP contribution is -2.22. The number of hydrogen-bond acceptors (Lipinski definition) is 5. The average Bonchev–Trinajstić information content (AvgIpc) is 3.28. The van der Waals surface area contributed by atoms with E-state index in [1.165, 1.54) is 11.3 Å². The number of amides is 1. The molecule has 0 radical (unpaired) electrons. The predicted octanol–water partition coefficient (Wildman–Crippen LogP) is 6.54. The highest BCUT2D eigenvalue weighted by atomic mass is 35.5. The van der Waals surface area contributed by atoms with Gasteiger partial charge in [-0.3, -0.25) is 4.79 Å². The fraction of sp³-hybridized carbons (Fsp3) is 0.0435. The fourth-order valence-corrected chi connectivity index (χ4v) is 4.01. The summed E-state index contributed by atoms with van der Waals surface area (Å²) in [6, 6.07) is 20.1. The molecular weight excluding hydrogens is 455 g/mol. The number of carbonyl (C=O) groups is 1. The number of hydrogen-bond donors (Lipinski definition) is 2. The Balaban J connectivity index is 1.37. The molecule has 0 spiro atoms. The van der Waals surface area contributed by atoms with Crippen molar-refractivity contribution in [3.8, 4) is 28.5 Å². The minimum Gasteiger partial charge on any atom is -0.505 e. The van der Waals surface area contributed by atoms with Crippen molar-refractivity contribution in [2.45, 2.75) is 6.54 Å². The molecule has 1 aromatic heterocycles. The van der Waals surface area contributed by atoms with Crippen molar-refractivity contribution < 1.29 is 14.6 Å². The molecule has 1 amide bonds. The van der Waals surface area contributed by atoms with Crippen LogP contribution in [-0.2, 0) is 6.54 Å². The molecule has 0 atom stereocenters. The van der Waals surface area contributed by atoms with E-state index in [0.717, 1.165) is 17.1 Å². The van der Waals surface area contributed by atoms with E-state index >= 15 is 0 Å². The first kappa shape index (κ1) is 21.2. The molecule has 4 rings (SSSR count). The normalized spacial score (nSPS) is 10.6. The fourth-order valence-electron chi connectivity index (χ4n) is 2.78. The summed E-state index contributed by atoms with van der Waals surface area (Å²) < 4.78 is 5.77. The summed E-state index contributed by atoms with van der Waals surface area (Å²) in [5.41, 5.74) is 2.11. The third kappa shape index (κ3) is 5.17. The molecule has 4 aromatic rings. The summed E-state index contributed by atoms with van der Waals surface area (Å²) in [5, 5.41) is 14.9. The number of benzene rings is 3. The first-order chi connectivity index (χ1) is 15.0. The quantitative estimate of drug-likeness (QED) is 0.335. The standard InChI is InChI=1S/C23H16Cl2N2O3S/c24-18-10-15(11-19(25)21(18)28)20-13-31-23(27-20)22(29)26-12-14-6-8-17(9-7-14)30-16-4-2-1-3-5-16/h1-11,13,28H,12H2,(H,26,29). The van der Waals surface area contributed by atoms with Gasteiger partial charge in [0.05, 0.1) is 15.7 Å². The third-order valence-corrected chi connectivity index (χ3v) is 5.78. The zero-order chi connectivity index (χ0) is 21.8. The van der Waals surface area contributed by atoms with Crippen molar-refractivity contribution in [1.29, 1.82) is 0 Å². The number of thiazole rings is 1. The summed E-state index contributed by atoms with van der Waals surface area (Å²) in [6.07, 6.45) is 0. The summed E-state index contributed by atoms with van der Waals surface area (Å²) in [5.74, 6) is 1.02. The number of phenolic OH excluding ortho intramolecular Hbond substituents is 1. The molecule has 31 heavy (non-hydrogen) atoms. The van der Waals surface area contributed by atoms with Crippen LogP contribution in [0, 0.1) is 0 Å². The Morgan fingerprint density at radius 1 is 1.00 bits per heavy atom. The molecule has 156 valence electrons. The Morgan fingerprint density at radius 3 is 2.32 bits per heavy atom. The molecule has 1 heterocycles. The number of phenols is 1. The van der Waals surface area contributed by atoms with Crippen molar-refractivity contribution in [2.24, 2.45) is 0 Å². The van der Waals surface area contributed by atoms with Gasteiger partial charge in [-0.25, -0.2) is 4.98 Å². The van der Waals surface area contributed by atoms with Gasteiger partial charge in [0.1, 0.15) is 11.5 Å². The van der Waals surface area contributed by atoms with Gasteiger partial charge in [-0.15, -0.1) is 11.3 Å². The number of para-hydroxylation sites is 1. The predicted molar refractivity (Wildman–Crippen MR) is 123 cm³/mol. The van der Waals surface area contributed by atoms with Gasteiger partial charge in [0.2, 0.25) is 0 Å². The van der Waals surface area contributed by atoms with Gasteiger partial charge in [0, 0.05) is 17.5 Å². The Kier molecular flexibility index (Phi) is 6.42. The third-order valence-electron chi connectivity index (χ3n) is 4.37. The zero-order valence-electron chi connectivity index (χ0n) is 16.0. The SMILES string of the molecule is O=C(NCc1ccc(Oc2ccccc2)cc1)c1nc(-c2cc(Cl)c(O)c(Cl)c2)cs1. The van der Waals surface area contributed by atoms with Gasteiger partial charge in [-0.05, 0) is 42.0 Å². The van der Waals surface area contributed by atoms with E-state index in [1.807, 2.05) is 54.6 Å². The van der Waals surface area contributed by atoms with Crippen LogP contribution in [0.25, 0.3) is 11.3 Å². The molecule has 0 aliphatic rings. The van der Waals surface area contributed by atoms with Crippen molar-refractivity contribution in [3.05, 3.63) is 92.7 Å². The van der Waals surface area contributed by atoms with Crippen molar-refractivity contribution in [3.63, 3.8) is 0 Å². The first-order valence-electron chi connectivity index (χ1n) is 9.23. The Labute approximate surface area is 192 Å². The highest BCUT2D eigenvalue weighted by Crippen LogP contribution is 2.36. The van der Waals surface area contributed by atoms with E-state index in [0.29, 0.717) is 22.8 Å². The number of halogens is 2. The number of aromatic hydroxyl groups is 1. The smallest absolute Gasteiger partial charge is 0.280 e. The van der Waals surface area contributed by atoms with Crippen LogP contribution >= 0.6 is 34.5 Å². The maximum atomic E-state index is 12.5. The Hall–Kier alpha value is -3.06. The topological polar surface area (TPSA) is 71.5 Å². The van der Waals surface area contributed by atoms with Crippen molar-refractivity contribution >= 4 is 40.4 Å². The zero-order valence-corrected chi connectivity index (χ0v) is 18.3. The van der Waals surface area contributed by atoms with E-state index in [9.17, 15) is 9.90 Å². The molecular formula is C23H16Cl2N2O3S. The highest BCUT2D eigenvalue weighted by Gasteiger charge is 2.14. The van der Waals surface area contributed by atoms with Crippen LogP contribution in [0.1, 0.15) is 15.4 Å². The summed E-state index contributed by atoms with van der Waals surface area (Å²) in [6.45, 7) is 0.357. The molecule has 0 unspecified atom stereocenters. The molecule has 0 aliphatic heterocycles. The lowest BCUT2D eigenvalue weighted by Gasteiger charge is -2.07. The number of aromatic nitrogens is 1. The van der Waals surface area contributed by atoms with Gasteiger partial charge < -0.3 is 15.2 Å². The second-order valence-corrected chi connectivity index (χ2v) is 8.24. The number of rotatable bonds is 6. The summed E-state index contributed by atoms with van der Waals surface area (Å²) in [4.78, 5) is 16.8. The molecule has 0 saturated heterocycles. The lowest BCUT2D eigenvalue weighted by molar-refractivity contribution is 0.0950. The van der Waals surface area contributed by atoms with Crippen LogP contribution in [-0.4, -0.2) is 16.0 Å². The van der Waals surface area contributed by atoms with Crippen molar-refractivity contribution in [1.82, 2.24) is 10.3 Å². The average molecular weight is 471 g/mol. The molecule has 2 N–H and O–H groups in total. The molecule has 3 aromatic carbocycles. The molecule has 5 nitrogen and oxygen atoms in total. The number of ether oxygens (including phenoxy) is 1. The van der Waals surface area contributed by atoms with Gasteiger partial charge in [-0.1, -0.05) is 53.5 Å². The Morgan fingerprint density at radius 2 is 1.65 bits per heavy atom. The largest absolute Gasteiger partial charge is 0.505 e. The lowest BCUT2D eigenvalue weighted by atomic mass is 10.1. The van der Waals surface area contributed by atoms with Crippen molar-refractivity contribution in [2.75, 3.05) is 0 Å². The number of nitrogens with zero attached hydrogens (tertiary/aromatic N) is 1. The van der Waals surface area contributed by atoms with E-state index < -0.39 is 0 Å². The van der Waals surface area contributed by atoms with Gasteiger partial charge >= 0.3 is 0 Å². The Bertz CT molecular complexity index is 1190. The maximum absolute atomic E-state index is 12.5. The number of nitrogens with one attached hydrogen (secondary N) is 1. The van der Waals surface area contributed by atoms with Crippen LogP contribution in [0.4, 0.5) is 0 Å². The highest BCUT2D eigenvalue weighted by molar-refractivity contribution is 7.12. The molecule has 8 heteroatoms. The van der Waals surface area contributed by atoms with E-state index in [4.69, 9.17) is 27.9 Å². The van der Waals surface area contributed by atoms with Crippen LogP contribution in [0.5, 0.6) is 17.2 Å². The van der Waals surface area contributed by atoms with Crippen LogP contribution in [0.2, 0.25) is 10.0 Å².